The molecule has 2 atom stereocenters. The van der Waals surface area contributed by atoms with Gasteiger partial charge in [-0.2, -0.15) is 5.26 Å². The van der Waals surface area contributed by atoms with Crippen LogP contribution in [0.3, 0.4) is 0 Å². The highest BCUT2D eigenvalue weighted by molar-refractivity contribution is 5.36. The van der Waals surface area contributed by atoms with Crippen molar-refractivity contribution in [2.45, 2.75) is 56.0 Å². The van der Waals surface area contributed by atoms with Gasteiger partial charge in [-0.05, 0) is 37.2 Å². The van der Waals surface area contributed by atoms with Gasteiger partial charge in [0.15, 0.2) is 0 Å². The standard InChI is InChI=1S/C18H24N2O/c19-13-18(15-7-2-1-3-8-15)10-16(11-18)20-17-9-5-4-6-14(17)12-21/h1-3,7-8,14,16-17,20-21H,4-6,9-12H2. The SMILES string of the molecule is N#CC1(c2ccccc2)CC(NC2CCCCC2CO)C1. The first-order valence-electron chi connectivity index (χ1n) is 8.11. The minimum absolute atomic E-state index is 0.284. The van der Waals surface area contributed by atoms with Crippen molar-refractivity contribution in [2.75, 3.05) is 6.61 Å². The Morgan fingerprint density at radius 2 is 1.90 bits per heavy atom. The molecule has 0 saturated heterocycles. The highest BCUT2D eigenvalue weighted by atomic mass is 16.3. The third-order valence-electron chi connectivity index (χ3n) is 5.32. The molecule has 2 aliphatic carbocycles. The maximum absolute atomic E-state index is 9.59. The molecule has 3 heteroatoms. The van der Waals surface area contributed by atoms with Gasteiger partial charge in [0.05, 0.1) is 11.5 Å². The van der Waals surface area contributed by atoms with E-state index in [9.17, 15) is 10.4 Å². The number of hydrogen-bond acceptors (Lipinski definition) is 3. The molecule has 2 N–H and O–H groups in total. The summed E-state index contributed by atoms with van der Waals surface area (Å²) in [5, 5.41) is 22.8. The summed E-state index contributed by atoms with van der Waals surface area (Å²) < 4.78 is 0. The number of benzene rings is 1. The van der Waals surface area contributed by atoms with Crippen LogP contribution in [-0.2, 0) is 5.41 Å². The Balaban J connectivity index is 1.61. The first-order chi connectivity index (χ1) is 10.3. The van der Waals surface area contributed by atoms with E-state index in [0.717, 1.165) is 31.2 Å². The number of nitrogens with one attached hydrogen (secondary N) is 1. The van der Waals surface area contributed by atoms with Crippen LogP contribution < -0.4 is 5.32 Å². The normalized spacial score (nSPS) is 35.7. The Kier molecular flexibility index (Phi) is 4.28. The van der Waals surface area contributed by atoms with Gasteiger partial charge in [0, 0.05) is 18.7 Å². The van der Waals surface area contributed by atoms with Gasteiger partial charge in [-0.1, -0.05) is 43.2 Å². The Morgan fingerprint density at radius 3 is 2.57 bits per heavy atom. The van der Waals surface area contributed by atoms with E-state index in [4.69, 9.17) is 0 Å². The van der Waals surface area contributed by atoms with Crippen molar-refractivity contribution in [1.82, 2.24) is 5.32 Å². The summed E-state index contributed by atoms with van der Waals surface area (Å²) in [6, 6.07) is 13.5. The first-order valence-corrected chi connectivity index (χ1v) is 8.11. The van der Waals surface area contributed by atoms with E-state index < -0.39 is 0 Å². The molecule has 3 rings (SSSR count). The van der Waals surface area contributed by atoms with Crippen LogP contribution >= 0.6 is 0 Å². The Morgan fingerprint density at radius 1 is 1.19 bits per heavy atom. The maximum Gasteiger partial charge on any atom is 0.0852 e. The number of hydrogen-bond donors (Lipinski definition) is 2. The molecule has 2 fully saturated rings. The van der Waals surface area contributed by atoms with Gasteiger partial charge in [-0.25, -0.2) is 0 Å². The molecule has 1 aromatic carbocycles. The summed E-state index contributed by atoms with van der Waals surface area (Å²) in [5.74, 6) is 0.396. The third-order valence-corrected chi connectivity index (χ3v) is 5.32. The molecule has 0 amide bonds. The second-order valence-corrected chi connectivity index (χ2v) is 6.67. The predicted molar refractivity (Wildman–Crippen MR) is 82.7 cm³/mol. The number of nitriles is 1. The van der Waals surface area contributed by atoms with Gasteiger partial charge in [-0.3, -0.25) is 0 Å². The van der Waals surface area contributed by atoms with E-state index in [1.54, 1.807) is 0 Å². The molecule has 0 spiro atoms. The largest absolute Gasteiger partial charge is 0.396 e. The maximum atomic E-state index is 9.59. The Bertz CT molecular complexity index is 502. The van der Waals surface area contributed by atoms with Gasteiger partial charge >= 0.3 is 0 Å². The van der Waals surface area contributed by atoms with Crippen LogP contribution in [-0.4, -0.2) is 23.8 Å². The second-order valence-electron chi connectivity index (χ2n) is 6.67. The topological polar surface area (TPSA) is 56.0 Å². The van der Waals surface area contributed by atoms with Crippen molar-refractivity contribution in [3.8, 4) is 6.07 Å². The van der Waals surface area contributed by atoms with E-state index in [2.05, 4.69) is 23.5 Å². The van der Waals surface area contributed by atoms with Crippen molar-refractivity contribution in [1.29, 1.82) is 5.26 Å². The quantitative estimate of drug-likeness (QED) is 0.894. The zero-order valence-electron chi connectivity index (χ0n) is 12.5. The monoisotopic (exact) mass is 284 g/mol. The van der Waals surface area contributed by atoms with E-state index in [1.807, 2.05) is 18.2 Å². The summed E-state index contributed by atoms with van der Waals surface area (Å²) in [5.41, 5.74) is 0.843. The minimum Gasteiger partial charge on any atom is -0.396 e. The number of rotatable bonds is 4. The first kappa shape index (κ1) is 14.6. The summed E-state index contributed by atoms with van der Waals surface area (Å²) in [6.07, 6.45) is 6.56. The summed E-state index contributed by atoms with van der Waals surface area (Å²) in [4.78, 5) is 0. The van der Waals surface area contributed by atoms with Crippen LogP contribution in [0.2, 0.25) is 0 Å². The van der Waals surface area contributed by atoms with E-state index >= 15 is 0 Å². The molecule has 0 radical (unpaired) electrons. The molecule has 2 aliphatic rings. The molecule has 0 heterocycles. The molecule has 0 aromatic heterocycles. The fourth-order valence-corrected chi connectivity index (χ4v) is 4.00. The van der Waals surface area contributed by atoms with Gasteiger partial charge in [0.25, 0.3) is 0 Å². The molecule has 112 valence electrons. The zero-order valence-corrected chi connectivity index (χ0v) is 12.5. The Hall–Kier alpha value is -1.37. The van der Waals surface area contributed by atoms with Crippen molar-refractivity contribution in [2.24, 2.45) is 5.92 Å². The van der Waals surface area contributed by atoms with Gasteiger partial charge in [0.1, 0.15) is 0 Å². The van der Waals surface area contributed by atoms with Crippen molar-refractivity contribution >= 4 is 0 Å². The lowest BCUT2D eigenvalue weighted by Gasteiger charge is -2.46. The summed E-state index contributed by atoms with van der Waals surface area (Å²) in [7, 11) is 0. The molecule has 2 unspecified atom stereocenters. The van der Waals surface area contributed by atoms with Crippen LogP contribution in [0, 0.1) is 17.2 Å². The van der Waals surface area contributed by atoms with Crippen molar-refractivity contribution in [3.63, 3.8) is 0 Å². The number of aliphatic hydroxyl groups excluding tert-OH is 1. The van der Waals surface area contributed by atoms with Crippen LogP contribution in [0.4, 0.5) is 0 Å². The van der Waals surface area contributed by atoms with E-state index in [0.29, 0.717) is 18.0 Å². The van der Waals surface area contributed by atoms with Crippen molar-refractivity contribution < 1.29 is 5.11 Å². The molecule has 0 aliphatic heterocycles. The molecule has 0 bridgehead atoms. The zero-order chi connectivity index (χ0) is 14.7. The number of nitrogens with zero attached hydrogens (tertiary/aromatic N) is 1. The molecule has 3 nitrogen and oxygen atoms in total. The van der Waals surface area contributed by atoms with Crippen LogP contribution in [0.25, 0.3) is 0 Å². The fraction of sp³-hybridized carbons (Fsp3) is 0.611. The fourth-order valence-electron chi connectivity index (χ4n) is 4.00. The predicted octanol–water partition coefficient (Wildman–Crippen LogP) is 2.75. The summed E-state index contributed by atoms with van der Waals surface area (Å²) in [6.45, 7) is 0.284. The molecule has 2 saturated carbocycles. The average Bonchev–Trinajstić information content (AvgIpc) is 2.52. The molecule has 1 aromatic rings. The van der Waals surface area contributed by atoms with Crippen LogP contribution in [0.5, 0.6) is 0 Å². The van der Waals surface area contributed by atoms with Crippen LogP contribution in [0.15, 0.2) is 30.3 Å². The molecule has 21 heavy (non-hydrogen) atoms. The molecular weight excluding hydrogens is 260 g/mol. The summed E-state index contributed by atoms with van der Waals surface area (Å²) >= 11 is 0. The lowest BCUT2D eigenvalue weighted by atomic mass is 9.62. The Labute approximate surface area is 127 Å². The minimum atomic E-state index is -0.303. The lowest BCUT2D eigenvalue weighted by Crippen LogP contribution is -2.56. The second kappa shape index (κ2) is 6.17. The van der Waals surface area contributed by atoms with Gasteiger partial charge in [0.2, 0.25) is 0 Å². The van der Waals surface area contributed by atoms with Crippen LogP contribution in [0.1, 0.15) is 44.1 Å². The lowest BCUT2D eigenvalue weighted by molar-refractivity contribution is 0.119. The van der Waals surface area contributed by atoms with E-state index in [-0.39, 0.29) is 12.0 Å². The highest BCUT2D eigenvalue weighted by Gasteiger charge is 2.46. The molecular formula is C18H24N2O. The third kappa shape index (κ3) is 2.84. The van der Waals surface area contributed by atoms with Gasteiger partial charge in [-0.15, -0.1) is 0 Å². The smallest absolute Gasteiger partial charge is 0.0852 e. The van der Waals surface area contributed by atoms with Crippen molar-refractivity contribution in [3.05, 3.63) is 35.9 Å². The highest BCUT2D eigenvalue weighted by Crippen LogP contribution is 2.44. The average molecular weight is 284 g/mol. The number of aliphatic hydroxyl groups is 1. The van der Waals surface area contributed by atoms with E-state index in [1.165, 1.54) is 12.8 Å². The van der Waals surface area contributed by atoms with Gasteiger partial charge < -0.3 is 10.4 Å².